The second-order valence-corrected chi connectivity index (χ2v) is 5.59. The lowest BCUT2D eigenvalue weighted by molar-refractivity contribution is -0.123. The Kier molecular flexibility index (Phi) is 3.79. The second kappa shape index (κ2) is 5.13. The van der Waals surface area contributed by atoms with Crippen LogP contribution in [-0.4, -0.2) is 16.9 Å². The van der Waals surface area contributed by atoms with Crippen molar-refractivity contribution in [3.63, 3.8) is 0 Å². The van der Waals surface area contributed by atoms with Gasteiger partial charge in [0.15, 0.2) is 0 Å². The summed E-state index contributed by atoms with van der Waals surface area (Å²) in [5.41, 5.74) is 5.68. The van der Waals surface area contributed by atoms with Gasteiger partial charge in [-0.15, -0.1) is 0 Å². The summed E-state index contributed by atoms with van der Waals surface area (Å²) >= 11 is 5.03. The SMILES string of the molecule is NC(=S)C1CCCC1NC(=O)CC1CCC1. The van der Waals surface area contributed by atoms with Crippen LogP contribution in [0, 0.1) is 11.8 Å². The largest absolute Gasteiger partial charge is 0.393 e. The van der Waals surface area contributed by atoms with E-state index in [-0.39, 0.29) is 17.9 Å². The van der Waals surface area contributed by atoms with E-state index in [0.29, 0.717) is 17.3 Å². The molecule has 0 bridgehead atoms. The first-order valence-electron chi connectivity index (χ1n) is 6.25. The lowest BCUT2D eigenvalue weighted by Gasteiger charge is -2.26. The molecule has 4 heteroatoms. The van der Waals surface area contributed by atoms with Gasteiger partial charge in [0.05, 0.1) is 4.99 Å². The number of hydrogen-bond donors (Lipinski definition) is 2. The van der Waals surface area contributed by atoms with Gasteiger partial charge in [0.2, 0.25) is 5.91 Å². The molecule has 0 aliphatic heterocycles. The van der Waals surface area contributed by atoms with Gasteiger partial charge >= 0.3 is 0 Å². The predicted molar refractivity (Wildman–Crippen MR) is 68.0 cm³/mol. The molecule has 2 fully saturated rings. The second-order valence-electron chi connectivity index (χ2n) is 5.11. The van der Waals surface area contributed by atoms with Crippen molar-refractivity contribution >= 4 is 23.1 Å². The molecule has 0 aromatic heterocycles. The minimum Gasteiger partial charge on any atom is -0.393 e. The number of thiocarbonyl (C=S) groups is 1. The first-order valence-corrected chi connectivity index (χ1v) is 6.66. The van der Waals surface area contributed by atoms with Crippen molar-refractivity contribution in [2.24, 2.45) is 17.6 Å². The molecular weight excluding hydrogens is 220 g/mol. The quantitative estimate of drug-likeness (QED) is 0.736. The zero-order chi connectivity index (χ0) is 11.5. The molecule has 0 aromatic carbocycles. The Bertz CT molecular complexity index is 289. The maximum Gasteiger partial charge on any atom is 0.220 e. The third-order valence-corrected chi connectivity index (χ3v) is 4.23. The smallest absolute Gasteiger partial charge is 0.220 e. The maximum atomic E-state index is 11.8. The molecule has 1 amide bonds. The zero-order valence-corrected chi connectivity index (χ0v) is 10.4. The summed E-state index contributed by atoms with van der Waals surface area (Å²) in [6, 6.07) is 0.199. The number of hydrogen-bond acceptors (Lipinski definition) is 2. The van der Waals surface area contributed by atoms with Gasteiger partial charge in [-0.3, -0.25) is 4.79 Å². The molecule has 2 unspecified atom stereocenters. The molecule has 2 saturated carbocycles. The molecule has 90 valence electrons. The summed E-state index contributed by atoms with van der Waals surface area (Å²) in [4.78, 5) is 12.3. The molecule has 2 atom stereocenters. The predicted octanol–water partition coefficient (Wildman–Crippen LogP) is 1.75. The molecule has 0 radical (unpaired) electrons. The van der Waals surface area contributed by atoms with Gasteiger partial charge in [-0.05, 0) is 31.6 Å². The van der Waals surface area contributed by atoms with Crippen LogP contribution in [0.1, 0.15) is 44.9 Å². The average Bonchev–Trinajstić information content (AvgIpc) is 2.59. The fourth-order valence-corrected chi connectivity index (χ4v) is 2.98. The van der Waals surface area contributed by atoms with E-state index >= 15 is 0 Å². The van der Waals surface area contributed by atoms with Crippen LogP contribution in [0.4, 0.5) is 0 Å². The van der Waals surface area contributed by atoms with E-state index in [4.69, 9.17) is 18.0 Å². The van der Waals surface area contributed by atoms with Crippen LogP contribution in [0.2, 0.25) is 0 Å². The summed E-state index contributed by atoms with van der Waals surface area (Å²) in [5.74, 6) is 1.04. The van der Waals surface area contributed by atoms with E-state index in [9.17, 15) is 4.79 Å². The fourth-order valence-electron chi connectivity index (χ4n) is 2.70. The third kappa shape index (κ3) is 2.73. The minimum absolute atomic E-state index is 0.192. The molecule has 2 rings (SSSR count). The molecule has 2 aliphatic carbocycles. The number of carbonyl (C=O) groups excluding carboxylic acids is 1. The number of nitrogens with two attached hydrogens (primary N) is 1. The van der Waals surface area contributed by atoms with E-state index in [2.05, 4.69) is 5.32 Å². The lowest BCUT2D eigenvalue weighted by Crippen LogP contribution is -2.42. The third-order valence-electron chi connectivity index (χ3n) is 3.93. The van der Waals surface area contributed by atoms with Gasteiger partial charge in [-0.25, -0.2) is 0 Å². The van der Waals surface area contributed by atoms with Crippen LogP contribution < -0.4 is 11.1 Å². The molecule has 0 aromatic rings. The van der Waals surface area contributed by atoms with Gasteiger partial charge in [0, 0.05) is 18.4 Å². The maximum absolute atomic E-state index is 11.8. The van der Waals surface area contributed by atoms with Crippen molar-refractivity contribution in [3.8, 4) is 0 Å². The van der Waals surface area contributed by atoms with Crippen LogP contribution in [-0.2, 0) is 4.79 Å². The van der Waals surface area contributed by atoms with Crippen molar-refractivity contribution in [2.75, 3.05) is 0 Å². The molecule has 16 heavy (non-hydrogen) atoms. The van der Waals surface area contributed by atoms with Crippen LogP contribution in [0.3, 0.4) is 0 Å². The van der Waals surface area contributed by atoms with Crippen molar-refractivity contribution in [1.82, 2.24) is 5.32 Å². The van der Waals surface area contributed by atoms with Crippen LogP contribution in [0.25, 0.3) is 0 Å². The average molecular weight is 240 g/mol. The molecular formula is C12H20N2OS. The fraction of sp³-hybridized carbons (Fsp3) is 0.833. The Labute approximate surface area is 102 Å². The molecule has 2 aliphatic rings. The van der Waals surface area contributed by atoms with Crippen molar-refractivity contribution in [2.45, 2.75) is 51.0 Å². The Morgan fingerprint density at radius 1 is 1.25 bits per heavy atom. The van der Waals surface area contributed by atoms with Crippen LogP contribution in [0.15, 0.2) is 0 Å². The normalized spacial score (nSPS) is 29.8. The summed E-state index contributed by atoms with van der Waals surface area (Å²) in [7, 11) is 0. The Balaban J connectivity index is 1.78. The summed E-state index contributed by atoms with van der Waals surface area (Å²) in [5, 5.41) is 3.10. The van der Waals surface area contributed by atoms with Gasteiger partial charge in [-0.1, -0.05) is 25.1 Å². The highest BCUT2D eigenvalue weighted by Gasteiger charge is 2.31. The summed E-state index contributed by atoms with van der Waals surface area (Å²) < 4.78 is 0. The topological polar surface area (TPSA) is 55.1 Å². The Hall–Kier alpha value is -0.640. The summed E-state index contributed by atoms with van der Waals surface area (Å²) in [6.07, 6.45) is 7.60. The standard InChI is InChI=1S/C12H20N2OS/c13-12(16)9-5-2-6-10(9)14-11(15)7-8-3-1-4-8/h8-10H,1-7H2,(H2,13,16)(H,14,15). The van der Waals surface area contributed by atoms with Gasteiger partial charge in [-0.2, -0.15) is 0 Å². The highest BCUT2D eigenvalue weighted by atomic mass is 32.1. The van der Waals surface area contributed by atoms with E-state index in [1.165, 1.54) is 19.3 Å². The van der Waals surface area contributed by atoms with Crippen molar-refractivity contribution in [3.05, 3.63) is 0 Å². The molecule has 0 spiro atoms. The zero-order valence-electron chi connectivity index (χ0n) is 9.58. The monoisotopic (exact) mass is 240 g/mol. The first kappa shape index (κ1) is 11.8. The highest BCUT2D eigenvalue weighted by Crippen LogP contribution is 2.30. The van der Waals surface area contributed by atoms with E-state index in [0.717, 1.165) is 19.3 Å². The van der Waals surface area contributed by atoms with Gasteiger partial charge in [0.1, 0.15) is 0 Å². The molecule has 0 saturated heterocycles. The van der Waals surface area contributed by atoms with Crippen molar-refractivity contribution in [1.29, 1.82) is 0 Å². The van der Waals surface area contributed by atoms with E-state index in [1.807, 2.05) is 0 Å². The Morgan fingerprint density at radius 3 is 2.50 bits per heavy atom. The van der Waals surface area contributed by atoms with Crippen LogP contribution in [0.5, 0.6) is 0 Å². The lowest BCUT2D eigenvalue weighted by atomic mass is 9.83. The Morgan fingerprint density at radius 2 is 1.94 bits per heavy atom. The minimum atomic E-state index is 0.192. The van der Waals surface area contributed by atoms with E-state index in [1.54, 1.807) is 0 Å². The molecule has 3 nitrogen and oxygen atoms in total. The number of rotatable bonds is 4. The highest BCUT2D eigenvalue weighted by molar-refractivity contribution is 7.80. The first-order chi connectivity index (χ1) is 7.66. The van der Waals surface area contributed by atoms with Gasteiger partial charge in [0.25, 0.3) is 0 Å². The number of amides is 1. The number of nitrogens with one attached hydrogen (secondary N) is 1. The van der Waals surface area contributed by atoms with Gasteiger partial charge < -0.3 is 11.1 Å². The van der Waals surface area contributed by atoms with Crippen molar-refractivity contribution < 1.29 is 4.79 Å². The summed E-state index contributed by atoms with van der Waals surface area (Å²) in [6.45, 7) is 0. The molecule has 3 N–H and O–H groups in total. The number of carbonyl (C=O) groups is 1. The molecule has 0 heterocycles. The van der Waals surface area contributed by atoms with E-state index < -0.39 is 0 Å². The van der Waals surface area contributed by atoms with Crippen LogP contribution >= 0.6 is 12.2 Å².